The van der Waals surface area contributed by atoms with E-state index in [0.29, 0.717) is 4.75 Å². The zero-order chi connectivity index (χ0) is 9.86. The Hall–Kier alpha value is -0.0800. The molecule has 0 amide bonds. The van der Waals surface area contributed by atoms with Crippen molar-refractivity contribution in [2.45, 2.75) is 36.9 Å². The minimum Gasteiger partial charge on any atom is -0.110 e. The highest BCUT2D eigenvalue weighted by Gasteiger charge is 2.33. The second-order valence-electron chi connectivity index (χ2n) is 4.01. The Morgan fingerprint density at radius 3 is 2.21 bits per heavy atom. The van der Waals surface area contributed by atoms with E-state index in [2.05, 4.69) is 42.0 Å². The molecule has 0 atom stereocenters. The molecule has 0 aromatic heterocycles. The van der Waals surface area contributed by atoms with Crippen LogP contribution in [-0.2, 0) is 4.75 Å². The predicted molar refractivity (Wildman–Crippen MR) is 67.8 cm³/mol. The van der Waals surface area contributed by atoms with Gasteiger partial charge >= 0.3 is 0 Å². The van der Waals surface area contributed by atoms with Crippen LogP contribution in [-0.4, -0.2) is 0 Å². The molecule has 2 heteroatoms. The maximum absolute atomic E-state index is 4.48. The van der Waals surface area contributed by atoms with Gasteiger partial charge in [0.15, 0.2) is 0 Å². The normalized spacial score (nSPS) is 20.6. The van der Waals surface area contributed by atoms with Crippen LogP contribution in [0.2, 0.25) is 0 Å². The minimum absolute atomic E-state index is 0.294. The van der Waals surface area contributed by atoms with E-state index in [9.17, 15) is 0 Å². The summed E-state index contributed by atoms with van der Waals surface area (Å²) in [5.41, 5.74) is 1.46. The summed E-state index contributed by atoms with van der Waals surface area (Å²) in [6, 6.07) is 10.8. The molecule has 0 spiro atoms. The molecule has 1 aromatic carbocycles. The summed E-state index contributed by atoms with van der Waals surface area (Å²) in [5, 5.41) is 0. The largest absolute Gasteiger partial charge is 0.110 e. The van der Waals surface area contributed by atoms with Crippen molar-refractivity contribution in [3.63, 3.8) is 0 Å². The molecule has 0 bridgehead atoms. The van der Waals surface area contributed by atoms with Crippen LogP contribution in [0.3, 0.4) is 0 Å². The second kappa shape index (κ2) is 4.63. The number of thiol groups is 1. The van der Waals surface area contributed by atoms with E-state index < -0.39 is 0 Å². The Kier molecular flexibility index (Phi) is 3.45. The van der Waals surface area contributed by atoms with E-state index in [4.69, 9.17) is 0 Å². The average Bonchev–Trinajstić information content (AvgIpc) is 2.31. The SMILES string of the molecule is SSC1(c2ccccc2)CCCCC1. The Balaban J connectivity index is 2.27. The highest BCUT2D eigenvalue weighted by molar-refractivity contribution is 8.69. The standard InChI is InChI=1S/C12H16S2/c13-14-12(9-5-2-6-10-12)11-7-3-1-4-8-11/h1,3-4,7-8,13H,2,5-6,9-10H2. The lowest BCUT2D eigenvalue weighted by Crippen LogP contribution is -2.23. The van der Waals surface area contributed by atoms with Crippen LogP contribution < -0.4 is 0 Å². The van der Waals surface area contributed by atoms with Gasteiger partial charge in [0.2, 0.25) is 0 Å². The van der Waals surface area contributed by atoms with Crippen LogP contribution >= 0.6 is 22.5 Å². The second-order valence-corrected chi connectivity index (χ2v) is 5.52. The van der Waals surface area contributed by atoms with Gasteiger partial charge in [-0.05, 0) is 18.4 Å². The van der Waals surface area contributed by atoms with E-state index in [1.807, 2.05) is 0 Å². The third-order valence-electron chi connectivity index (χ3n) is 3.14. The molecule has 0 aliphatic heterocycles. The molecule has 1 fully saturated rings. The van der Waals surface area contributed by atoms with E-state index >= 15 is 0 Å². The van der Waals surface area contributed by atoms with Gasteiger partial charge in [0.1, 0.15) is 0 Å². The quantitative estimate of drug-likeness (QED) is 0.573. The summed E-state index contributed by atoms with van der Waals surface area (Å²) in [6.45, 7) is 0. The molecular formula is C12H16S2. The maximum atomic E-state index is 4.48. The number of hydrogen-bond acceptors (Lipinski definition) is 2. The molecule has 0 saturated heterocycles. The Labute approximate surface area is 95.3 Å². The monoisotopic (exact) mass is 224 g/mol. The van der Waals surface area contributed by atoms with Gasteiger partial charge in [-0.25, -0.2) is 0 Å². The first-order valence-corrected chi connectivity index (χ1v) is 7.12. The smallest absolute Gasteiger partial charge is 0.0509 e. The molecule has 1 saturated carbocycles. The van der Waals surface area contributed by atoms with Crippen LogP contribution in [0.25, 0.3) is 0 Å². The first-order valence-electron chi connectivity index (χ1n) is 5.25. The summed E-state index contributed by atoms with van der Waals surface area (Å²) in [5.74, 6) is 0. The van der Waals surface area contributed by atoms with Gasteiger partial charge in [-0.3, -0.25) is 0 Å². The van der Waals surface area contributed by atoms with Gasteiger partial charge in [0.25, 0.3) is 0 Å². The topological polar surface area (TPSA) is 0 Å². The first kappa shape index (κ1) is 10.4. The fourth-order valence-electron chi connectivity index (χ4n) is 2.30. The van der Waals surface area contributed by atoms with E-state index in [0.717, 1.165) is 0 Å². The van der Waals surface area contributed by atoms with Crippen molar-refractivity contribution < 1.29 is 0 Å². The molecule has 2 rings (SSSR count). The summed E-state index contributed by atoms with van der Waals surface area (Å²) >= 11 is 4.48. The van der Waals surface area contributed by atoms with Gasteiger partial charge in [-0.15, -0.1) is 11.7 Å². The number of benzene rings is 1. The Morgan fingerprint density at radius 1 is 1.00 bits per heavy atom. The lowest BCUT2D eigenvalue weighted by atomic mass is 9.83. The molecule has 0 radical (unpaired) electrons. The van der Waals surface area contributed by atoms with Gasteiger partial charge < -0.3 is 0 Å². The van der Waals surface area contributed by atoms with E-state index in [-0.39, 0.29) is 0 Å². The van der Waals surface area contributed by atoms with Gasteiger partial charge in [-0.2, -0.15) is 0 Å². The summed E-state index contributed by atoms with van der Waals surface area (Å²) in [7, 11) is 1.74. The van der Waals surface area contributed by atoms with Crippen molar-refractivity contribution in [3.8, 4) is 0 Å². The fraction of sp³-hybridized carbons (Fsp3) is 0.500. The summed E-state index contributed by atoms with van der Waals surface area (Å²) in [6.07, 6.45) is 6.66. The molecule has 1 aliphatic rings. The summed E-state index contributed by atoms with van der Waals surface area (Å²) < 4.78 is 0.294. The third-order valence-corrected chi connectivity index (χ3v) is 5.18. The molecule has 0 nitrogen and oxygen atoms in total. The molecule has 0 unspecified atom stereocenters. The van der Waals surface area contributed by atoms with Crippen molar-refractivity contribution >= 4 is 22.5 Å². The van der Waals surface area contributed by atoms with Crippen molar-refractivity contribution in [2.75, 3.05) is 0 Å². The highest BCUT2D eigenvalue weighted by atomic mass is 33.1. The van der Waals surface area contributed by atoms with Crippen LogP contribution in [0.15, 0.2) is 30.3 Å². The fourth-order valence-corrected chi connectivity index (χ4v) is 3.87. The molecule has 0 heterocycles. The van der Waals surface area contributed by atoms with Gasteiger partial charge in [0, 0.05) is 0 Å². The van der Waals surface area contributed by atoms with E-state index in [1.165, 1.54) is 37.7 Å². The molecule has 76 valence electrons. The van der Waals surface area contributed by atoms with Crippen LogP contribution in [0.4, 0.5) is 0 Å². The van der Waals surface area contributed by atoms with Crippen LogP contribution in [0.5, 0.6) is 0 Å². The third kappa shape index (κ3) is 1.96. The predicted octanol–water partition coefficient (Wildman–Crippen LogP) is 4.42. The summed E-state index contributed by atoms with van der Waals surface area (Å²) in [4.78, 5) is 0. The lowest BCUT2D eigenvalue weighted by molar-refractivity contribution is 0.409. The van der Waals surface area contributed by atoms with E-state index in [1.54, 1.807) is 10.8 Å². The zero-order valence-corrected chi connectivity index (χ0v) is 9.99. The lowest BCUT2D eigenvalue weighted by Gasteiger charge is -2.35. The first-order chi connectivity index (χ1) is 6.87. The van der Waals surface area contributed by atoms with Gasteiger partial charge in [-0.1, -0.05) is 60.4 Å². The van der Waals surface area contributed by atoms with Crippen LogP contribution in [0.1, 0.15) is 37.7 Å². The highest BCUT2D eigenvalue weighted by Crippen LogP contribution is 2.49. The molecule has 1 aromatic rings. The number of hydrogen-bond donors (Lipinski definition) is 1. The zero-order valence-electron chi connectivity index (χ0n) is 8.28. The molecule has 14 heavy (non-hydrogen) atoms. The van der Waals surface area contributed by atoms with Crippen molar-refractivity contribution in [1.82, 2.24) is 0 Å². The molecule has 0 N–H and O–H groups in total. The van der Waals surface area contributed by atoms with Crippen molar-refractivity contribution in [3.05, 3.63) is 35.9 Å². The Bertz CT molecular complexity index is 276. The number of rotatable bonds is 2. The average molecular weight is 224 g/mol. The maximum Gasteiger partial charge on any atom is 0.0509 e. The molecule has 1 aliphatic carbocycles. The minimum atomic E-state index is 0.294. The van der Waals surface area contributed by atoms with Gasteiger partial charge in [0.05, 0.1) is 4.75 Å². The van der Waals surface area contributed by atoms with Crippen molar-refractivity contribution in [1.29, 1.82) is 0 Å². The van der Waals surface area contributed by atoms with Crippen LogP contribution in [0, 0.1) is 0 Å². The molecular weight excluding hydrogens is 208 g/mol. The Morgan fingerprint density at radius 2 is 1.64 bits per heavy atom. The van der Waals surface area contributed by atoms with Crippen molar-refractivity contribution in [2.24, 2.45) is 0 Å².